The van der Waals surface area contributed by atoms with Gasteiger partial charge in [-0.1, -0.05) is 46.2 Å². The first-order valence-electron chi connectivity index (χ1n) is 9.94. The first kappa shape index (κ1) is 20.1. The molecule has 1 aliphatic heterocycles. The predicted molar refractivity (Wildman–Crippen MR) is 112 cm³/mol. The first-order valence-corrected chi connectivity index (χ1v) is 9.94. The van der Waals surface area contributed by atoms with E-state index in [4.69, 9.17) is 0 Å². The minimum absolute atomic E-state index is 0.0348. The highest BCUT2D eigenvalue weighted by molar-refractivity contribution is 6.26. The standard InChI is InChI=1S/C23H28N2O3/c1-5-6-13-24-18-11-10-17-20-15(18)8-7-9-16(20)21(27)25(22(17)28)14-12-19(26)23(2,3)4/h7-11,24H,5-6,12-14H2,1-4H3. The average molecular weight is 380 g/mol. The number of amides is 2. The third-order valence-electron chi connectivity index (χ3n) is 5.24. The van der Waals surface area contributed by atoms with Crippen molar-refractivity contribution >= 4 is 34.1 Å². The van der Waals surface area contributed by atoms with E-state index in [1.54, 1.807) is 12.1 Å². The van der Waals surface area contributed by atoms with Crippen LogP contribution in [0.3, 0.4) is 0 Å². The minimum atomic E-state index is -0.487. The fourth-order valence-corrected chi connectivity index (χ4v) is 3.49. The Balaban J connectivity index is 1.94. The molecule has 0 saturated heterocycles. The molecule has 5 nitrogen and oxygen atoms in total. The summed E-state index contributed by atoms with van der Waals surface area (Å²) in [4.78, 5) is 39.5. The molecule has 2 aromatic carbocycles. The van der Waals surface area contributed by atoms with Crippen LogP contribution in [-0.4, -0.2) is 35.6 Å². The van der Waals surface area contributed by atoms with E-state index < -0.39 is 5.41 Å². The Morgan fingerprint density at radius 3 is 2.36 bits per heavy atom. The topological polar surface area (TPSA) is 66.5 Å². The van der Waals surface area contributed by atoms with Crippen molar-refractivity contribution in [3.63, 3.8) is 0 Å². The largest absolute Gasteiger partial charge is 0.385 e. The molecule has 1 N–H and O–H groups in total. The van der Waals surface area contributed by atoms with Gasteiger partial charge in [-0.3, -0.25) is 19.3 Å². The molecule has 0 saturated carbocycles. The number of unbranched alkanes of at least 4 members (excludes halogenated alkanes) is 1. The molecule has 0 bridgehead atoms. The van der Waals surface area contributed by atoms with E-state index in [0.717, 1.165) is 30.5 Å². The van der Waals surface area contributed by atoms with Crippen molar-refractivity contribution in [1.29, 1.82) is 0 Å². The van der Waals surface area contributed by atoms with Gasteiger partial charge in [0.2, 0.25) is 0 Å². The zero-order chi connectivity index (χ0) is 20.5. The van der Waals surface area contributed by atoms with Crippen LogP contribution in [0.5, 0.6) is 0 Å². The van der Waals surface area contributed by atoms with Crippen LogP contribution in [0.1, 0.15) is 67.7 Å². The van der Waals surface area contributed by atoms with E-state index >= 15 is 0 Å². The van der Waals surface area contributed by atoms with Gasteiger partial charge in [0.25, 0.3) is 11.8 Å². The van der Waals surface area contributed by atoms with Crippen molar-refractivity contribution in [2.75, 3.05) is 18.4 Å². The Hall–Kier alpha value is -2.69. The summed E-state index contributed by atoms with van der Waals surface area (Å²) in [5, 5.41) is 5.00. The molecular weight excluding hydrogens is 352 g/mol. The molecule has 28 heavy (non-hydrogen) atoms. The molecule has 3 rings (SSSR count). The molecule has 0 spiro atoms. The van der Waals surface area contributed by atoms with Gasteiger partial charge in [0, 0.05) is 52.5 Å². The van der Waals surface area contributed by atoms with Gasteiger partial charge in [0.1, 0.15) is 5.78 Å². The summed E-state index contributed by atoms with van der Waals surface area (Å²) in [5.74, 6) is -0.612. The van der Waals surface area contributed by atoms with Crippen LogP contribution in [0, 0.1) is 5.41 Å². The Morgan fingerprint density at radius 2 is 1.71 bits per heavy atom. The molecule has 148 valence electrons. The molecule has 5 heteroatoms. The van der Waals surface area contributed by atoms with Gasteiger partial charge in [-0.2, -0.15) is 0 Å². The number of rotatable bonds is 7. The van der Waals surface area contributed by atoms with E-state index in [0.29, 0.717) is 16.5 Å². The number of nitrogens with one attached hydrogen (secondary N) is 1. The summed E-state index contributed by atoms with van der Waals surface area (Å²) in [5.41, 5.74) is 1.49. The molecule has 1 heterocycles. The van der Waals surface area contributed by atoms with E-state index in [2.05, 4.69) is 12.2 Å². The molecular formula is C23H28N2O3. The number of benzene rings is 2. The molecule has 1 aliphatic rings. The van der Waals surface area contributed by atoms with Crippen molar-refractivity contribution in [2.24, 2.45) is 5.41 Å². The summed E-state index contributed by atoms with van der Waals surface area (Å²) >= 11 is 0. The fourth-order valence-electron chi connectivity index (χ4n) is 3.49. The third kappa shape index (κ3) is 3.66. The molecule has 0 fully saturated rings. The summed E-state index contributed by atoms with van der Waals surface area (Å²) in [7, 11) is 0. The Kier molecular flexibility index (Phi) is 5.54. The lowest BCUT2D eigenvalue weighted by molar-refractivity contribution is -0.126. The number of anilines is 1. The van der Waals surface area contributed by atoms with Crippen LogP contribution < -0.4 is 5.32 Å². The number of hydrogen-bond donors (Lipinski definition) is 1. The van der Waals surface area contributed by atoms with Crippen LogP contribution in [0.2, 0.25) is 0 Å². The highest BCUT2D eigenvalue weighted by atomic mass is 16.2. The van der Waals surface area contributed by atoms with Gasteiger partial charge in [-0.05, 0) is 24.6 Å². The van der Waals surface area contributed by atoms with Crippen LogP contribution in [0.15, 0.2) is 30.3 Å². The lowest BCUT2D eigenvalue weighted by Crippen LogP contribution is -2.42. The maximum absolute atomic E-state index is 13.0. The molecule has 2 amide bonds. The number of imide groups is 1. The SMILES string of the molecule is CCCCNc1ccc2c3c(cccc13)C(=O)N(CCC(=O)C(C)(C)C)C2=O. The molecule has 0 aliphatic carbocycles. The van der Waals surface area contributed by atoms with Crippen molar-refractivity contribution in [3.05, 3.63) is 41.5 Å². The molecule has 0 atom stereocenters. The van der Waals surface area contributed by atoms with E-state index in [1.807, 2.05) is 39.0 Å². The number of carbonyl (C=O) groups is 3. The van der Waals surface area contributed by atoms with Crippen molar-refractivity contribution in [1.82, 2.24) is 4.90 Å². The molecule has 0 unspecified atom stereocenters. The Bertz CT molecular complexity index is 918. The lowest BCUT2D eigenvalue weighted by Gasteiger charge is -2.28. The second kappa shape index (κ2) is 7.74. The second-order valence-electron chi connectivity index (χ2n) is 8.35. The Morgan fingerprint density at radius 1 is 1.04 bits per heavy atom. The quantitative estimate of drug-likeness (QED) is 0.561. The number of nitrogens with zero attached hydrogens (tertiary/aromatic N) is 1. The van der Waals surface area contributed by atoms with Gasteiger partial charge in [0.05, 0.1) is 0 Å². The normalized spacial score (nSPS) is 13.9. The van der Waals surface area contributed by atoms with Gasteiger partial charge in [0.15, 0.2) is 0 Å². The van der Waals surface area contributed by atoms with Crippen LogP contribution in [0.4, 0.5) is 5.69 Å². The highest BCUT2D eigenvalue weighted by Crippen LogP contribution is 2.34. The van der Waals surface area contributed by atoms with Crippen LogP contribution in [-0.2, 0) is 4.79 Å². The number of carbonyl (C=O) groups excluding carboxylic acids is 3. The van der Waals surface area contributed by atoms with E-state index in [-0.39, 0.29) is 30.6 Å². The maximum Gasteiger partial charge on any atom is 0.261 e. The second-order valence-corrected chi connectivity index (χ2v) is 8.35. The molecule has 2 aromatic rings. The molecule has 0 radical (unpaired) electrons. The number of ketones is 1. The highest BCUT2D eigenvalue weighted by Gasteiger charge is 2.34. The van der Waals surface area contributed by atoms with Gasteiger partial charge in [-0.15, -0.1) is 0 Å². The predicted octanol–water partition coefficient (Wildman–Crippen LogP) is 4.65. The first-order chi connectivity index (χ1) is 13.3. The van der Waals surface area contributed by atoms with Gasteiger partial charge >= 0.3 is 0 Å². The van der Waals surface area contributed by atoms with E-state index in [9.17, 15) is 14.4 Å². The maximum atomic E-state index is 13.0. The lowest BCUT2D eigenvalue weighted by atomic mass is 9.88. The molecule has 0 aromatic heterocycles. The van der Waals surface area contributed by atoms with Crippen LogP contribution >= 0.6 is 0 Å². The average Bonchev–Trinajstić information content (AvgIpc) is 2.65. The van der Waals surface area contributed by atoms with Crippen molar-refractivity contribution < 1.29 is 14.4 Å². The third-order valence-corrected chi connectivity index (χ3v) is 5.24. The zero-order valence-electron chi connectivity index (χ0n) is 17.1. The zero-order valence-corrected chi connectivity index (χ0v) is 17.1. The van der Waals surface area contributed by atoms with Crippen LogP contribution in [0.25, 0.3) is 10.8 Å². The summed E-state index contributed by atoms with van der Waals surface area (Å²) in [6.07, 6.45) is 2.31. The summed E-state index contributed by atoms with van der Waals surface area (Å²) in [6, 6.07) is 9.24. The monoisotopic (exact) mass is 380 g/mol. The minimum Gasteiger partial charge on any atom is -0.385 e. The number of hydrogen-bond acceptors (Lipinski definition) is 4. The summed E-state index contributed by atoms with van der Waals surface area (Å²) in [6.45, 7) is 8.63. The smallest absolute Gasteiger partial charge is 0.261 e. The Labute approximate surface area is 166 Å². The summed E-state index contributed by atoms with van der Waals surface area (Å²) < 4.78 is 0. The van der Waals surface area contributed by atoms with Gasteiger partial charge < -0.3 is 5.32 Å². The number of Topliss-reactive ketones (excluding diaryl/α,β-unsaturated/α-hetero) is 1. The van der Waals surface area contributed by atoms with Crippen molar-refractivity contribution in [3.8, 4) is 0 Å². The van der Waals surface area contributed by atoms with E-state index in [1.165, 1.54) is 4.90 Å². The van der Waals surface area contributed by atoms with Gasteiger partial charge in [-0.25, -0.2) is 0 Å². The van der Waals surface area contributed by atoms with Crippen molar-refractivity contribution in [2.45, 2.75) is 47.0 Å². The fraction of sp³-hybridized carbons (Fsp3) is 0.435.